The van der Waals surface area contributed by atoms with E-state index >= 15 is 0 Å². The van der Waals surface area contributed by atoms with E-state index < -0.39 is 0 Å². The van der Waals surface area contributed by atoms with Crippen LogP contribution in [0.2, 0.25) is 0 Å². The Hall–Kier alpha value is -2.32. The van der Waals surface area contributed by atoms with E-state index in [-0.39, 0.29) is 6.10 Å². The Morgan fingerprint density at radius 2 is 1.70 bits per heavy atom. The van der Waals surface area contributed by atoms with E-state index in [1.165, 1.54) is 0 Å². The third kappa shape index (κ3) is 4.39. The maximum absolute atomic E-state index is 5.60. The molecule has 4 rings (SSSR count). The van der Waals surface area contributed by atoms with E-state index in [0.717, 1.165) is 74.5 Å². The molecule has 2 aromatic rings. The molecule has 1 aromatic heterocycles. The largest absolute Gasteiger partial charge is 0.493 e. The number of anilines is 2. The summed E-state index contributed by atoms with van der Waals surface area (Å²) in [5.74, 6) is 2.97. The Labute approximate surface area is 178 Å². The number of ether oxygens (including phenoxy) is 3. The normalized spacial score (nSPS) is 21.1. The highest BCUT2D eigenvalue weighted by atomic mass is 16.5. The van der Waals surface area contributed by atoms with Crippen LogP contribution in [0, 0.1) is 0 Å². The fourth-order valence-corrected chi connectivity index (χ4v) is 4.35. The van der Waals surface area contributed by atoms with Crippen molar-refractivity contribution in [2.45, 2.75) is 37.8 Å². The van der Waals surface area contributed by atoms with Gasteiger partial charge in [0.1, 0.15) is 5.82 Å². The van der Waals surface area contributed by atoms with Crippen LogP contribution < -0.4 is 19.7 Å². The fourth-order valence-electron chi connectivity index (χ4n) is 4.35. The first-order chi connectivity index (χ1) is 14.6. The Morgan fingerprint density at radius 1 is 0.967 bits per heavy atom. The highest BCUT2D eigenvalue weighted by molar-refractivity contribution is 5.93. The van der Waals surface area contributed by atoms with Gasteiger partial charge in [-0.3, -0.25) is 0 Å². The predicted octanol–water partition coefficient (Wildman–Crippen LogP) is 2.77. The number of hydrogen-bond donors (Lipinski definition) is 1. The number of nitrogens with one attached hydrogen (secondary N) is 1. The van der Waals surface area contributed by atoms with Gasteiger partial charge in [-0.05, 0) is 51.9 Å². The molecule has 0 radical (unpaired) electrons. The van der Waals surface area contributed by atoms with E-state index in [1.54, 1.807) is 21.3 Å². The first kappa shape index (κ1) is 20.9. The zero-order valence-electron chi connectivity index (χ0n) is 18.5. The summed E-state index contributed by atoms with van der Waals surface area (Å²) in [6.45, 7) is 3.92. The summed E-state index contributed by atoms with van der Waals surface area (Å²) >= 11 is 0. The van der Waals surface area contributed by atoms with Crippen LogP contribution in [0.25, 0.3) is 10.9 Å². The Morgan fingerprint density at radius 3 is 2.40 bits per heavy atom. The molecule has 0 saturated carbocycles. The predicted molar refractivity (Wildman–Crippen MR) is 119 cm³/mol. The second-order valence-electron chi connectivity index (χ2n) is 8.26. The van der Waals surface area contributed by atoms with Crippen LogP contribution in [-0.2, 0) is 4.74 Å². The lowest BCUT2D eigenvalue weighted by atomic mass is 10.1. The molecule has 2 fully saturated rings. The summed E-state index contributed by atoms with van der Waals surface area (Å²) in [6.07, 6.45) is 4.56. The van der Waals surface area contributed by atoms with Crippen LogP contribution in [0.5, 0.6) is 11.5 Å². The number of piperidine rings is 2. The summed E-state index contributed by atoms with van der Waals surface area (Å²) in [4.78, 5) is 14.5. The topological polar surface area (TPSA) is 72.0 Å². The Balaban J connectivity index is 1.73. The molecule has 30 heavy (non-hydrogen) atoms. The van der Waals surface area contributed by atoms with Gasteiger partial charge in [-0.15, -0.1) is 0 Å². The zero-order valence-corrected chi connectivity index (χ0v) is 18.5. The van der Waals surface area contributed by atoms with Crippen LogP contribution >= 0.6 is 0 Å². The molecule has 1 N–H and O–H groups in total. The molecular weight excluding hydrogens is 382 g/mol. The quantitative estimate of drug-likeness (QED) is 0.772. The van der Waals surface area contributed by atoms with Gasteiger partial charge in [0.25, 0.3) is 0 Å². The van der Waals surface area contributed by atoms with Crippen LogP contribution in [0.4, 0.5) is 11.8 Å². The second kappa shape index (κ2) is 9.22. The molecule has 1 aromatic carbocycles. The molecule has 2 saturated heterocycles. The molecule has 8 nitrogen and oxygen atoms in total. The van der Waals surface area contributed by atoms with Crippen molar-refractivity contribution >= 4 is 22.7 Å². The minimum Gasteiger partial charge on any atom is -0.493 e. The second-order valence-corrected chi connectivity index (χ2v) is 8.26. The van der Waals surface area contributed by atoms with Crippen molar-refractivity contribution in [1.82, 2.24) is 14.9 Å². The lowest BCUT2D eigenvalue weighted by Gasteiger charge is -2.33. The maximum Gasteiger partial charge on any atom is 0.227 e. The number of methoxy groups -OCH3 is 3. The number of fused-ring (bicyclic) bond motifs is 1. The van der Waals surface area contributed by atoms with E-state index in [4.69, 9.17) is 24.2 Å². The van der Waals surface area contributed by atoms with Gasteiger partial charge < -0.3 is 29.3 Å². The van der Waals surface area contributed by atoms with Crippen molar-refractivity contribution < 1.29 is 14.2 Å². The average Bonchev–Trinajstić information content (AvgIpc) is 2.79. The smallest absolute Gasteiger partial charge is 0.227 e. The first-order valence-electron chi connectivity index (χ1n) is 10.8. The van der Waals surface area contributed by atoms with Crippen LogP contribution in [0.1, 0.15) is 25.7 Å². The molecule has 0 bridgehead atoms. The minimum absolute atomic E-state index is 0.216. The monoisotopic (exact) mass is 415 g/mol. The third-order valence-electron chi connectivity index (χ3n) is 6.24. The minimum atomic E-state index is 0.216. The molecule has 3 heterocycles. The van der Waals surface area contributed by atoms with Crippen molar-refractivity contribution in [2.75, 3.05) is 64.8 Å². The van der Waals surface area contributed by atoms with Crippen molar-refractivity contribution in [3.05, 3.63) is 12.1 Å². The summed E-state index contributed by atoms with van der Waals surface area (Å²) < 4.78 is 16.7. The van der Waals surface area contributed by atoms with E-state index in [1.807, 2.05) is 12.1 Å². The Kier molecular flexibility index (Phi) is 6.43. The highest BCUT2D eigenvalue weighted by Gasteiger charge is 2.24. The SMILES string of the molecule is COc1cc2nc(N3CCCC(OC)C3)nc(NC3CCN(C)CC3)c2cc1OC. The molecule has 2 aliphatic rings. The summed E-state index contributed by atoms with van der Waals surface area (Å²) in [5.41, 5.74) is 0.854. The van der Waals surface area contributed by atoms with Gasteiger partial charge in [0, 0.05) is 37.7 Å². The van der Waals surface area contributed by atoms with Gasteiger partial charge in [-0.1, -0.05) is 0 Å². The average molecular weight is 416 g/mol. The molecule has 8 heteroatoms. The molecule has 0 aliphatic carbocycles. The van der Waals surface area contributed by atoms with E-state index in [0.29, 0.717) is 17.5 Å². The van der Waals surface area contributed by atoms with Gasteiger partial charge in [0.2, 0.25) is 5.95 Å². The standard InChI is InChI=1S/C22H33N5O3/c1-26-10-7-15(8-11-26)23-21-17-12-19(29-3)20(30-4)13-18(17)24-22(25-21)27-9-5-6-16(14-27)28-2/h12-13,15-16H,5-11,14H2,1-4H3,(H,23,24,25). The fraction of sp³-hybridized carbons (Fsp3) is 0.636. The van der Waals surface area contributed by atoms with Crippen LogP contribution in [0.15, 0.2) is 12.1 Å². The molecule has 1 atom stereocenters. The molecule has 0 amide bonds. The van der Waals surface area contributed by atoms with Crippen molar-refractivity contribution in [1.29, 1.82) is 0 Å². The van der Waals surface area contributed by atoms with Gasteiger partial charge >= 0.3 is 0 Å². The lowest BCUT2D eigenvalue weighted by Crippen LogP contribution is -2.40. The summed E-state index contributed by atoms with van der Waals surface area (Å²) in [7, 11) is 7.26. The zero-order chi connectivity index (χ0) is 21.1. The number of nitrogens with zero attached hydrogens (tertiary/aromatic N) is 4. The lowest BCUT2D eigenvalue weighted by molar-refractivity contribution is 0.0889. The Bertz CT molecular complexity index is 869. The summed E-state index contributed by atoms with van der Waals surface area (Å²) in [5, 5.41) is 4.66. The van der Waals surface area contributed by atoms with Crippen molar-refractivity contribution in [3.8, 4) is 11.5 Å². The highest BCUT2D eigenvalue weighted by Crippen LogP contribution is 2.36. The van der Waals surface area contributed by atoms with Crippen molar-refractivity contribution in [2.24, 2.45) is 0 Å². The number of aromatic nitrogens is 2. The number of rotatable bonds is 6. The van der Waals surface area contributed by atoms with E-state index in [9.17, 15) is 0 Å². The van der Waals surface area contributed by atoms with Gasteiger partial charge in [0.15, 0.2) is 11.5 Å². The van der Waals surface area contributed by atoms with E-state index in [2.05, 4.69) is 22.2 Å². The third-order valence-corrected chi connectivity index (χ3v) is 6.24. The number of benzene rings is 1. The molecule has 164 valence electrons. The first-order valence-corrected chi connectivity index (χ1v) is 10.8. The molecule has 1 unspecified atom stereocenters. The van der Waals surface area contributed by atoms with Gasteiger partial charge in [-0.25, -0.2) is 4.98 Å². The molecule has 2 aliphatic heterocycles. The van der Waals surface area contributed by atoms with Crippen LogP contribution in [0.3, 0.4) is 0 Å². The maximum atomic E-state index is 5.60. The van der Waals surface area contributed by atoms with Gasteiger partial charge in [-0.2, -0.15) is 4.98 Å². The number of hydrogen-bond acceptors (Lipinski definition) is 8. The number of likely N-dealkylation sites (tertiary alicyclic amines) is 1. The molecular formula is C22H33N5O3. The van der Waals surface area contributed by atoms with Gasteiger partial charge in [0.05, 0.1) is 25.8 Å². The van der Waals surface area contributed by atoms with Crippen LogP contribution in [-0.4, -0.2) is 81.6 Å². The summed E-state index contributed by atoms with van der Waals surface area (Å²) in [6, 6.07) is 4.31. The van der Waals surface area contributed by atoms with Crippen molar-refractivity contribution in [3.63, 3.8) is 0 Å². The molecule has 0 spiro atoms.